The summed E-state index contributed by atoms with van der Waals surface area (Å²) in [6, 6.07) is 6.04. The van der Waals surface area contributed by atoms with Crippen molar-refractivity contribution in [1.82, 2.24) is 4.98 Å². The van der Waals surface area contributed by atoms with Crippen LogP contribution in [0.25, 0.3) is 11.1 Å². The van der Waals surface area contributed by atoms with Gasteiger partial charge >= 0.3 is 5.97 Å². The molecule has 0 N–H and O–H groups in total. The van der Waals surface area contributed by atoms with Crippen molar-refractivity contribution >= 4 is 11.7 Å². The van der Waals surface area contributed by atoms with Gasteiger partial charge in [0.15, 0.2) is 0 Å². The highest BCUT2D eigenvalue weighted by Crippen LogP contribution is 2.30. The Morgan fingerprint density at radius 2 is 2.05 bits per heavy atom. The summed E-state index contributed by atoms with van der Waals surface area (Å²) in [5, 5.41) is 11.2. The molecule has 0 saturated carbocycles. The smallest absolute Gasteiger partial charge is 0.338 e. The number of hydrogen-bond donors (Lipinski definition) is 0. The number of methoxy groups -OCH3 is 1. The third-order valence-corrected chi connectivity index (χ3v) is 2.80. The predicted octanol–water partition coefficient (Wildman–Crippen LogP) is 2.75. The molecule has 1 aromatic carbocycles. The molecule has 0 atom stereocenters. The molecule has 102 valence electrons. The van der Waals surface area contributed by atoms with Crippen LogP contribution in [-0.2, 0) is 4.74 Å². The highest BCUT2D eigenvalue weighted by molar-refractivity contribution is 5.91. The molecule has 0 radical (unpaired) electrons. The van der Waals surface area contributed by atoms with Gasteiger partial charge in [-0.15, -0.1) is 0 Å². The number of esters is 1. The first-order chi connectivity index (χ1) is 9.52. The van der Waals surface area contributed by atoms with Crippen molar-refractivity contribution in [3.63, 3.8) is 0 Å². The fraction of sp³-hybridized carbons (Fsp3) is 0.143. The zero-order valence-corrected chi connectivity index (χ0v) is 11.0. The minimum Gasteiger partial charge on any atom is -0.465 e. The van der Waals surface area contributed by atoms with Crippen LogP contribution in [0, 0.1) is 17.0 Å². The molecule has 20 heavy (non-hydrogen) atoms. The van der Waals surface area contributed by atoms with Crippen molar-refractivity contribution in [3.05, 3.63) is 57.9 Å². The van der Waals surface area contributed by atoms with Crippen LogP contribution in [0.3, 0.4) is 0 Å². The van der Waals surface area contributed by atoms with Gasteiger partial charge in [0.25, 0.3) is 5.69 Å². The molecule has 0 aliphatic heterocycles. The van der Waals surface area contributed by atoms with E-state index < -0.39 is 10.9 Å². The van der Waals surface area contributed by atoms with Crippen molar-refractivity contribution in [3.8, 4) is 11.1 Å². The number of ether oxygens (including phenoxy) is 1. The number of pyridine rings is 1. The molecular formula is C14H12N2O4. The lowest BCUT2D eigenvalue weighted by molar-refractivity contribution is -0.384. The molecule has 1 heterocycles. The first-order valence-electron chi connectivity index (χ1n) is 5.81. The summed E-state index contributed by atoms with van der Waals surface area (Å²) in [6.45, 7) is 1.85. The predicted molar refractivity (Wildman–Crippen MR) is 72.4 cm³/mol. The summed E-state index contributed by atoms with van der Waals surface area (Å²) in [5.41, 5.74) is 1.93. The average Bonchev–Trinajstić information content (AvgIpc) is 2.45. The van der Waals surface area contributed by atoms with Gasteiger partial charge in [0, 0.05) is 24.0 Å². The van der Waals surface area contributed by atoms with Gasteiger partial charge < -0.3 is 4.74 Å². The van der Waals surface area contributed by atoms with Gasteiger partial charge in [-0.25, -0.2) is 4.79 Å². The van der Waals surface area contributed by atoms with Crippen LogP contribution < -0.4 is 0 Å². The van der Waals surface area contributed by atoms with Crippen molar-refractivity contribution in [2.24, 2.45) is 0 Å². The maximum atomic E-state index is 11.4. The lowest BCUT2D eigenvalue weighted by Crippen LogP contribution is -2.03. The Morgan fingerprint density at radius 3 is 2.65 bits per heavy atom. The van der Waals surface area contributed by atoms with Crippen LogP contribution in [0.4, 0.5) is 5.69 Å². The molecule has 0 aliphatic rings. The second-order valence-corrected chi connectivity index (χ2v) is 4.23. The van der Waals surface area contributed by atoms with Crippen molar-refractivity contribution in [1.29, 1.82) is 0 Å². The standard InChI is InChI=1S/C14H12N2O4/c1-9-5-11(8-15-7-9)12-4-3-10(14(17)20-2)6-13(12)16(18)19/h3-8H,1-2H3. The SMILES string of the molecule is COC(=O)c1ccc(-c2cncc(C)c2)c([N+](=O)[O-])c1. The van der Waals surface area contributed by atoms with E-state index >= 15 is 0 Å². The van der Waals surface area contributed by atoms with Gasteiger partial charge in [-0.05, 0) is 30.7 Å². The number of nitro groups is 1. The number of nitro benzene ring substituents is 1. The zero-order chi connectivity index (χ0) is 14.7. The van der Waals surface area contributed by atoms with E-state index in [-0.39, 0.29) is 11.3 Å². The number of aryl methyl sites for hydroxylation is 1. The van der Waals surface area contributed by atoms with E-state index in [2.05, 4.69) is 9.72 Å². The first kappa shape index (κ1) is 13.7. The van der Waals surface area contributed by atoms with Crippen LogP contribution in [0.1, 0.15) is 15.9 Å². The maximum Gasteiger partial charge on any atom is 0.338 e. The highest BCUT2D eigenvalue weighted by atomic mass is 16.6. The van der Waals surface area contributed by atoms with Crippen LogP contribution in [0.5, 0.6) is 0 Å². The number of aromatic nitrogens is 1. The summed E-state index contributed by atoms with van der Waals surface area (Å²) in [6.07, 6.45) is 3.21. The van der Waals surface area contributed by atoms with Crippen molar-refractivity contribution < 1.29 is 14.5 Å². The second kappa shape index (κ2) is 5.48. The Balaban J connectivity index is 2.59. The third-order valence-electron chi connectivity index (χ3n) is 2.80. The second-order valence-electron chi connectivity index (χ2n) is 4.23. The largest absolute Gasteiger partial charge is 0.465 e. The molecule has 0 amide bonds. The van der Waals surface area contributed by atoms with E-state index in [0.29, 0.717) is 11.1 Å². The summed E-state index contributed by atoms with van der Waals surface area (Å²) in [4.78, 5) is 26.1. The van der Waals surface area contributed by atoms with Crippen LogP contribution in [-0.4, -0.2) is 23.0 Å². The van der Waals surface area contributed by atoms with E-state index in [4.69, 9.17) is 0 Å². The topological polar surface area (TPSA) is 82.3 Å². The molecule has 0 aliphatic carbocycles. The minimum absolute atomic E-state index is 0.142. The Morgan fingerprint density at radius 1 is 1.30 bits per heavy atom. The molecule has 0 bridgehead atoms. The Kier molecular flexibility index (Phi) is 3.74. The fourth-order valence-electron chi connectivity index (χ4n) is 1.87. The van der Waals surface area contributed by atoms with Crippen LogP contribution in [0.2, 0.25) is 0 Å². The quantitative estimate of drug-likeness (QED) is 0.487. The molecule has 1 aromatic heterocycles. The average molecular weight is 272 g/mol. The van der Waals surface area contributed by atoms with Gasteiger partial charge in [-0.3, -0.25) is 15.1 Å². The Hall–Kier alpha value is -2.76. The number of rotatable bonds is 3. The monoisotopic (exact) mass is 272 g/mol. The molecule has 6 heteroatoms. The molecule has 2 rings (SSSR count). The number of hydrogen-bond acceptors (Lipinski definition) is 5. The van der Waals surface area contributed by atoms with E-state index in [1.54, 1.807) is 18.5 Å². The molecule has 0 unspecified atom stereocenters. The van der Waals surface area contributed by atoms with Crippen LogP contribution in [0.15, 0.2) is 36.7 Å². The van der Waals surface area contributed by atoms with Crippen molar-refractivity contribution in [2.45, 2.75) is 6.92 Å². The van der Waals surface area contributed by atoms with Gasteiger partial charge in [0.1, 0.15) is 0 Å². The number of carbonyl (C=O) groups excluding carboxylic acids is 1. The van der Waals surface area contributed by atoms with Crippen molar-refractivity contribution in [2.75, 3.05) is 7.11 Å². The van der Waals surface area contributed by atoms with Crippen LogP contribution >= 0.6 is 0 Å². The van der Waals surface area contributed by atoms with E-state index in [9.17, 15) is 14.9 Å². The number of carbonyl (C=O) groups is 1. The molecule has 0 spiro atoms. The van der Waals surface area contributed by atoms with Gasteiger partial charge in [0.2, 0.25) is 0 Å². The minimum atomic E-state index is -0.609. The van der Waals surface area contributed by atoms with E-state index in [0.717, 1.165) is 5.56 Å². The lowest BCUT2D eigenvalue weighted by Gasteiger charge is -2.05. The lowest BCUT2D eigenvalue weighted by atomic mass is 10.0. The van der Waals surface area contributed by atoms with E-state index in [1.807, 2.05) is 6.92 Å². The molecule has 0 fully saturated rings. The molecular weight excluding hydrogens is 260 g/mol. The summed E-state index contributed by atoms with van der Waals surface area (Å²) in [5.74, 6) is -0.609. The highest BCUT2D eigenvalue weighted by Gasteiger charge is 2.19. The molecule has 2 aromatic rings. The van der Waals surface area contributed by atoms with Gasteiger partial charge in [0.05, 0.1) is 23.2 Å². The summed E-state index contributed by atoms with van der Waals surface area (Å²) < 4.78 is 4.56. The van der Waals surface area contributed by atoms with Gasteiger partial charge in [-0.1, -0.05) is 0 Å². The summed E-state index contributed by atoms with van der Waals surface area (Å²) in [7, 11) is 1.23. The number of nitrogens with zero attached hydrogens (tertiary/aromatic N) is 2. The molecule has 6 nitrogen and oxygen atoms in total. The summed E-state index contributed by atoms with van der Waals surface area (Å²) >= 11 is 0. The van der Waals surface area contributed by atoms with E-state index in [1.165, 1.54) is 25.3 Å². The molecule has 0 saturated heterocycles. The maximum absolute atomic E-state index is 11.4. The Labute approximate surface area is 115 Å². The fourth-order valence-corrected chi connectivity index (χ4v) is 1.87. The normalized spacial score (nSPS) is 10.1. The Bertz CT molecular complexity index is 683. The zero-order valence-electron chi connectivity index (χ0n) is 11.0. The first-order valence-corrected chi connectivity index (χ1v) is 5.81. The third kappa shape index (κ3) is 2.64. The van der Waals surface area contributed by atoms with Gasteiger partial charge in [-0.2, -0.15) is 0 Å². The number of benzene rings is 1.